The van der Waals surface area contributed by atoms with E-state index in [9.17, 15) is 9.18 Å². The molecule has 0 spiro atoms. The van der Waals surface area contributed by atoms with Crippen molar-refractivity contribution in [3.05, 3.63) is 60.1 Å². The summed E-state index contributed by atoms with van der Waals surface area (Å²) >= 11 is 0. The lowest BCUT2D eigenvalue weighted by Gasteiger charge is -2.01. The van der Waals surface area contributed by atoms with Gasteiger partial charge >= 0.3 is 0 Å². The van der Waals surface area contributed by atoms with Crippen molar-refractivity contribution in [3.8, 4) is 11.1 Å². The number of halogens is 1. The first-order valence-corrected chi connectivity index (χ1v) is 6.56. The molecule has 4 heteroatoms. The number of hydrogen-bond acceptors (Lipinski definition) is 3. The average Bonchev–Trinajstić information content (AvgIpc) is 2.93. The van der Waals surface area contributed by atoms with E-state index in [2.05, 4.69) is 0 Å². The van der Waals surface area contributed by atoms with Gasteiger partial charge in [0.25, 0.3) is 0 Å². The van der Waals surface area contributed by atoms with Crippen LogP contribution in [0.3, 0.4) is 0 Å². The van der Waals surface area contributed by atoms with Crippen LogP contribution in [-0.2, 0) is 11.2 Å². The lowest BCUT2D eigenvalue weighted by molar-refractivity contribution is -0.121. The Hall–Kier alpha value is -2.46. The van der Waals surface area contributed by atoms with Gasteiger partial charge < -0.3 is 9.52 Å². The van der Waals surface area contributed by atoms with Gasteiger partial charge in [0, 0.05) is 22.9 Å². The van der Waals surface area contributed by atoms with Crippen LogP contribution in [0.15, 0.2) is 53.1 Å². The highest BCUT2D eigenvalue weighted by Gasteiger charge is 2.13. The summed E-state index contributed by atoms with van der Waals surface area (Å²) in [5.74, 6) is -0.553. The highest BCUT2D eigenvalue weighted by Crippen LogP contribution is 2.32. The Bertz CT molecular complexity index is 787. The van der Waals surface area contributed by atoms with Gasteiger partial charge in [-0.2, -0.15) is 0 Å². The van der Waals surface area contributed by atoms with Crippen LogP contribution in [0.25, 0.3) is 22.1 Å². The quantitative estimate of drug-likeness (QED) is 0.799. The molecule has 0 aliphatic carbocycles. The van der Waals surface area contributed by atoms with Crippen molar-refractivity contribution < 1.29 is 18.7 Å². The molecular weight excluding hydrogens is 271 g/mol. The van der Waals surface area contributed by atoms with E-state index in [0.29, 0.717) is 5.58 Å². The number of aliphatic hydroxyl groups excluding tert-OH is 1. The van der Waals surface area contributed by atoms with Crippen LogP contribution >= 0.6 is 0 Å². The van der Waals surface area contributed by atoms with Gasteiger partial charge in [-0.15, -0.1) is 0 Å². The summed E-state index contributed by atoms with van der Waals surface area (Å²) < 4.78 is 18.6. The van der Waals surface area contributed by atoms with E-state index < -0.39 is 6.61 Å². The van der Waals surface area contributed by atoms with E-state index in [1.54, 1.807) is 24.5 Å². The number of carbonyl (C=O) groups is 1. The molecule has 3 nitrogen and oxygen atoms in total. The molecule has 1 N–H and O–H groups in total. The fourth-order valence-corrected chi connectivity index (χ4v) is 2.38. The van der Waals surface area contributed by atoms with Crippen molar-refractivity contribution in [2.75, 3.05) is 6.61 Å². The lowest BCUT2D eigenvalue weighted by atomic mass is 10.0. The topological polar surface area (TPSA) is 50.4 Å². The van der Waals surface area contributed by atoms with E-state index in [1.165, 1.54) is 12.1 Å². The van der Waals surface area contributed by atoms with Crippen molar-refractivity contribution in [2.45, 2.75) is 6.42 Å². The second kappa shape index (κ2) is 5.50. The molecule has 0 amide bonds. The predicted molar refractivity (Wildman–Crippen MR) is 77.4 cm³/mol. The van der Waals surface area contributed by atoms with Crippen molar-refractivity contribution >= 4 is 16.8 Å². The number of rotatable bonds is 4. The number of ketones is 1. The van der Waals surface area contributed by atoms with Gasteiger partial charge in [-0.3, -0.25) is 4.79 Å². The van der Waals surface area contributed by atoms with Gasteiger partial charge in [0.1, 0.15) is 18.0 Å². The van der Waals surface area contributed by atoms with Crippen LogP contribution in [0.5, 0.6) is 0 Å². The van der Waals surface area contributed by atoms with E-state index in [0.717, 1.165) is 22.1 Å². The molecule has 1 heterocycles. The second-order valence-electron chi connectivity index (χ2n) is 4.82. The number of fused-ring (bicyclic) bond motifs is 1. The van der Waals surface area contributed by atoms with Gasteiger partial charge in [-0.25, -0.2) is 4.39 Å². The molecule has 0 fully saturated rings. The molecule has 0 atom stereocenters. The first-order valence-electron chi connectivity index (χ1n) is 6.56. The fourth-order valence-electron chi connectivity index (χ4n) is 2.38. The van der Waals surface area contributed by atoms with Gasteiger partial charge in [0.05, 0.1) is 6.26 Å². The molecule has 2 aromatic carbocycles. The molecular formula is C17H13FO3. The zero-order valence-corrected chi connectivity index (χ0v) is 11.2. The first kappa shape index (κ1) is 13.5. The van der Waals surface area contributed by atoms with Crippen LogP contribution in [0.2, 0.25) is 0 Å². The van der Waals surface area contributed by atoms with E-state index in [4.69, 9.17) is 9.52 Å². The molecule has 0 unspecified atom stereocenters. The molecule has 21 heavy (non-hydrogen) atoms. The average molecular weight is 284 g/mol. The zero-order valence-electron chi connectivity index (χ0n) is 11.2. The summed E-state index contributed by atoms with van der Waals surface area (Å²) in [6, 6.07) is 11.7. The third kappa shape index (κ3) is 2.58. The Labute approximate surface area is 120 Å². The smallest absolute Gasteiger partial charge is 0.162 e. The molecule has 3 rings (SSSR count). The zero-order chi connectivity index (χ0) is 14.8. The molecule has 0 bridgehead atoms. The summed E-state index contributed by atoms with van der Waals surface area (Å²) in [6.45, 7) is -0.484. The van der Waals surface area contributed by atoms with Crippen LogP contribution in [0.1, 0.15) is 5.56 Å². The van der Waals surface area contributed by atoms with Crippen LogP contribution in [0.4, 0.5) is 4.39 Å². The van der Waals surface area contributed by atoms with Gasteiger partial charge in [0.2, 0.25) is 0 Å². The molecule has 1 aromatic heterocycles. The molecule has 0 radical (unpaired) electrons. The minimum atomic E-state index is -0.484. The van der Waals surface area contributed by atoms with Crippen molar-refractivity contribution in [1.29, 1.82) is 0 Å². The van der Waals surface area contributed by atoms with Gasteiger partial charge in [0.15, 0.2) is 5.78 Å². The molecule has 0 saturated heterocycles. The Kier molecular flexibility index (Phi) is 3.54. The highest BCUT2D eigenvalue weighted by atomic mass is 19.1. The standard InChI is InChI=1S/C17H13FO3/c18-13-6-4-11(5-7-13)16-10-21-17-12(8-14(20)9-19)2-1-3-15(16)17/h1-7,10,19H,8-9H2. The number of furan rings is 1. The van der Waals surface area contributed by atoms with Crippen LogP contribution < -0.4 is 0 Å². The Morgan fingerprint density at radius 1 is 1.14 bits per heavy atom. The highest BCUT2D eigenvalue weighted by molar-refractivity contribution is 5.97. The summed E-state index contributed by atoms with van der Waals surface area (Å²) in [5.41, 5.74) is 3.06. The molecule has 0 aliphatic rings. The van der Waals surface area contributed by atoms with Crippen molar-refractivity contribution in [1.82, 2.24) is 0 Å². The van der Waals surface area contributed by atoms with Gasteiger partial charge in [-0.05, 0) is 17.7 Å². The summed E-state index contributed by atoms with van der Waals surface area (Å²) in [6.07, 6.45) is 1.73. The number of hydrogen-bond donors (Lipinski definition) is 1. The Morgan fingerprint density at radius 3 is 2.62 bits per heavy atom. The SMILES string of the molecule is O=C(CO)Cc1cccc2c(-c3ccc(F)cc3)coc12. The largest absolute Gasteiger partial charge is 0.463 e. The maximum Gasteiger partial charge on any atom is 0.162 e. The normalized spacial score (nSPS) is 11.0. The van der Waals surface area contributed by atoms with Crippen LogP contribution in [0, 0.1) is 5.82 Å². The number of aliphatic hydroxyl groups is 1. The number of benzene rings is 2. The molecule has 0 aliphatic heterocycles. The minimum absolute atomic E-state index is 0.129. The maximum atomic E-state index is 13.0. The summed E-state index contributed by atoms with van der Waals surface area (Å²) in [5, 5.41) is 9.73. The van der Waals surface area contributed by atoms with E-state index in [-0.39, 0.29) is 18.0 Å². The third-order valence-corrected chi connectivity index (χ3v) is 3.40. The second-order valence-corrected chi connectivity index (χ2v) is 4.82. The Balaban J connectivity index is 2.08. The lowest BCUT2D eigenvalue weighted by Crippen LogP contribution is -2.07. The summed E-state index contributed by atoms with van der Waals surface area (Å²) in [7, 11) is 0. The molecule has 0 saturated carbocycles. The van der Waals surface area contributed by atoms with E-state index >= 15 is 0 Å². The van der Waals surface area contributed by atoms with Crippen molar-refractivity contribution in [2.24, 2.45) is 0 Å². The van der Waals surface area contributed by atoms with Crippen molar-refractivity contribution in [3.63, 3.8) is 0 Å². The Morgan fingerprint density at radius 2 is 1.90 bits per heavy atom. The number of Topliss-reactive ketones (excluding diaryl/α,β-unsaturated/α-hetero) is 1. The van der Waals surface area contributed by atoms with Crippen LogP contribution in [-0.4, -0.2) is 17.5 Å². The van der Waals surface area contributed by atoms with E-state index in [1.807, 2.05) is 12.1 Å². The fraction of sp³-hybridized carbons (Fsp3) is 0.118. The molecule has 3 aromatic rings. The predicted octanol–water partition coefficient (Wildman–Crippen LogP) is 3.34. The monoisotopic (exact) mass is 284 g/mol. The minimum Gasteiger partial charge on any atom is -0.463 e. The number of carbonyl (C=O) groups excluding carboxylic acids is 1. The first-order chi connectivity index (χ1) is 10.2. The third-order valence-electron chi connectivity index (χ3n) is 3.40. The number of para-hydroxylation sites is 1. The summed E-state index contributed by atoms with van der Waals surface area (Å²) in [4.78, 5) is 11.4. The molecule has 106 valence electrons. The van der Waals surface area contributed by atoms with Gasteiger partial charge in [-0.1, -0.05) is 30.3 Å². The maximum absolute atomic E-state index is 13.0.